The molecule has 0 amide bonds. The molecule has 0 unspecified atom stereocenters. The van der Waals surface area contributed by atoms with Gasteiger partial charge in [0.1, 0.15) is 0 Å². The van der Waals surface area contributed by atoms with Gasteiger partial charge in [-0.3, -0.25) is 0 Å². The molecular formula is C12H7ClF8. The molecule has 0 N–H and O–H groups in total. The van der Waals surface area contributed by atoms with Crippen molar-refractivity contribution in [3.8, 4) is 0 Å². The summed E-state index contributed by atoms with van der Waals surface area (Å²) in [4.78, 5) is 0. The molecule has 21 heavy (non-hydrogen) atoms. The first kappa shape index (κ1) is 17.7. The first-order valence-corrected chi connectivity index (χ1v) is 5.71. The third kappa shape index (κ3) is 3.48. The van der Waals surface area contributed by atoms with Gasteiger partial charge in [-0.25, -0.2) is 4.39 Å². The summed E-state index contributed by atoms with van der Waals surface area (Å²) in [5.41, 5.74) is 0.0976. The number of alkyl halides is 7. The van der Waals surface area contributed by atoms with Crippen molar-refractivity contribution in [3.05, 3.63) is 46.8 Å². The second-order valence-corrected chi connectivity index (χ2v) is 4.40. The second kappa shape index (κ2) is 5.82. The number of benzene rings is 1. The zero-order valence-corrected chi connectivity index (χ0v) is 10.8. The smallest absolute Gasteiger partial charge is 0.205 e. The van der Waals surface area contributed by atoms with Crippen molar-refractivity contribution in [2.24, 2.45) is 0 Å². The maximum absolute atomic E-state index is 13.1. The second-order valence-electron chi connectivity index (χ2n) is 3.99. The molecule has 0 spiro atoms. The van der Waals surface area contributed by atoms with E-state index in [2.05, 4.69) is 0 Å². The van der Waals surface area contributed by atoms with Gasteiger partial charge in [0.15, 0.2) is 5.83 Å². The Hall–Kier alpha value is -1.31. The van der Waals surface area contributed by atoms with Crippen LogP contribution in [0.2, 0.25) is 5.02 Å². The van der Waals surface area contributed by atoms with Crippen LogP contribution in [0.4, 0.5) is 35.1 Å². The van der Waals surface area contributed by atoms with Gasteiger partial charge >= 0.3 is 18.0 Å². The van der Waals surface area contributed by atoms with Crippen molar-refractivity contribution < 1.29 is 35.1 Å². The van der Waals surface area contributed by atoms with E-state index in [0.29, 0.717) is 0 Å². The Balaban J connectivity index is 3.04. The van der Waals surface area contributed by atoms with Gasteiger partial charge in [0.05, 0.1) is 0 Å². The van der Waals surface area contributed by atoms with E-state index in [0.717, 1.165) is 0 Å². The summed E-state index contributed by atoms with van der Waals surface area (Å²) in [5.74, 6) is -15.4. The zero-order valence-electron chi connectivity index (χ0n) is 10.00. The fourth-order valence-electron chi connectivity index (χ4n) is 1.32. The maximum atomic E-state index is 13.1. The monoisotopic (exact) mass is 338 g/mol. The molecule has 0 atom stereocenters. The van der Waals surface area contributed by atoms with Crippen LogP contribution in [0, 0.1) is 0 Å². The Morgan fingerprint density at radius 2 is 1.52 bits per heavy atom. The van der Waals surface area contributed by atoms with Crippen LogP contribution >= 0.6 is 11.6 Å². The van der Waals surface area contributed by atoms with Gasteiger partial charge in [0.25, 0.3) is 0 Å². The Labute approximate surface area is 119 Å². The summed E-state index contributed by atoms with van der Waals surface area (Å²) in [5, 5.41) is 0.0347. The minimum Gasteiger partial charge on any atom is -0.205 e. The molecule has 9 heteroatoms. The molecular weight excluding hydrogens is 332 g/mol. The number of halogens is 9. The molecule has 1 aromatic carbocycles. The summed E-state index contributed by atoms with van der Waals surface area (Å²) < 4.78 is 99.8. The van der Waals surface area contributed by atoms with Crippen LogP contribution in [0.3, 0.4) is 0 Å². The Morgan fingerprint density at radius 1 is 1.00 bits per heavy atom. The first-order valence-electron chi connectivity index (χ1n) is 5.33. The molecule has 0 heterocycles. The predicted molar refractivity (Wildman–Crippen MR) is 60.3 cm³/mol. The van der Waals surface area contributed by atoms with Gasteiger partial charge in [-0.15, -0.1) is 0 Å². The van der Waals surface area contributed by atoms with E-state index < -0.39 is 30.3 Å². The van der Waals surface area contributed by atoms with E-state index in [9.17, 15) is 35.1 Å². The minimum atomic E-state index is -6.58. The van der Waals surface area contributed by atoms with Crippen molar-refractivity contribution >= 4 is 11.6 Å². The van der Waals surface area contributed by atoms with Crippen LogP contribution in [0.25, 0.3) is 0 Å². The summed E-state index contributed by atoms with van der Waals surface area (Å²) in [6.07, 6.45) is -7.29. The van der Waals surface area contributed by atoms with Crippen molar-refractivity contribution in [3.63, 3.8) is 0 Å². The lowest BCUT2D eigenvalue weighted by molar-refractivity contribution is -0.347. The molecule has 0 radical (unpaired) electrons. The maximum Gasteiger partial charge on any atom is 0.460 e. The number of hydrogen-bond acceptors (Lipinski definition) is 0. The Kier molecular flexibility index (Phi) is 4.92. The molecule has 0 fully saturated rings. The zero-order chi connectivity index (χ0) is 16.5. The van der Waals surface area contributed by atoms with Crippen molar-refractivity contribution in [1.82, 2.24) is 0 Å². The van der Waals surface area contributed by atoms with E-state index in [1.807, 2.05) is 0 Å². The quantitative estimate of drug-likeness (QED) is 0.630. The molecule has 118 valence electrons. The van der Waals surface area contributed by atoms with Crippen LogP contribution in [-0.2, 0) is 6.42 Å². The Morgan fingerprint density at radius 3 is 2.00 bits per heavy atom. The number of hydrogen-bond donors (Lipinski definition) is 0. The van der Waals surface area contributed by atoms with Crippen LogP contribution in [0.5, 0.6) is 0 Å². The highest BCUT2D eigenvalue weighted by Gasteiger charge is 2.74. The van der Waals surface area contributed by atoms with Gasteiger partial charge in [0.2, 0.25) is 0 Å². The predicted octanol–water partition coefficient (Wildman–Crippen LogP) is 5.57. The normalized spacial score (nSPS) is 14.4. The van der Waals surface area contributed by atoms with Crippen LogP contribution in [0.1, 0.15) is 5.56 Å². The molecule has 0 nitrogen and oxygen atoms in total. The standard InChI is InChI=1S/C12H7ClF8/c13-8-4-2-1-3-7(8)5-6-9(14)10(15,16)11(17,18)12(19,20)21/h1-4,6H,5H2/b9-6-. The van der Waals surface area contributed by atoms with E-state index in [1.54, 1.807) is 0 Å². The van der Waals surface area contributed by atoms with E-state index in [1.165, 1.54) is 24.3 Å². The molecule has 1 rings (SSSR count). The molecule has 0 saturated heterocycles. The van der Waals surface area contributed by atoms with E-state index in [-0.39, 0.29) is 16.7 Å². The number of allylic oxidation sites excluding steroid dienone is 2. The van der Waals surface area contributed by atoms with Gasteiger partial charge in [-0.1, -0.05) is 29.8 Å². The largest absolute Gasteiger partial charge is 0.460 e. The van der Waals surface area contributed by atoms with Gasteiger partial charge < -0.3 is 0 Å². The highest BCUT2D eigenvalue weighted by atomic mass is 35.5. The van der Waals surface area contributed by atoms with Crippen LogP contribution in [0.15, 0.2) is 36.2 Å². The van der Waals surface area contributed by atoms with Crippen molar-refractivity contribution in [1.29, 1.82) is 0 Å². The third-order valence-electron chi connectivity index (χ3n) is 2.51. The van der Waals surface area contributed by atoms with E-state index >= 15 is 0 Å². The highest BCUT2D eigenvalue weighted by molar-refractivity contribution is 6.31. The molecule has 0 aliphatic carbocycles. The fraction of sp³-hybridized carbons (Fsp3) is 0.333. The lowest BCUT2D eigenvalue weighted by atomic mass is 10.1. The summed E-state index contributed by atoms with van der Waals surface area (Å²) in [7, 11) is 0. The molecule has 0 bridgehead atoms. The minimum absolute atomic E-state index is 0.0347. The lowest BCUT2D eigenvalue weighted by Crippen LogP contribution is -2.52. The third-order valence-corrected chi connectivity index (χ3v) is 2.88. The molecule has 0 saturated carbocycles. The Bertz CT molecular complexity index is 532. The van der Waals surface area contributed by atoms with E-state index in [4.69, 9.17) is 11.6 Å². The topological polar surface area (TPSA) is 0 Å². The average Bonchev–Trinajstić information content (AvgIpc) is 2.35. The average molecular weight is 339 g/mol. The molecule has 0 aliphatic rings. The van der Waals surface area contributed by atoms with Gasteiger partial charge in [-0.2, -0.15) is 30.7 Å². The summed E-state index contributed by atoms with van der Waals surface area (Å²) in [6, 6.07) is 5.49. The highest BCUT2D eigenvalue weighted by Crippen LogP contribution is 2.50. The first-order chi connectivity index (χ1) is 9.41. The molecule has 0 aromatic heterocycles. The van der Waals surface area contributed by atoms with Gasteiger partial charge in [0, 0.05) is 5.02 Å². The van der Waals surface area contributed by atoms with Crippen molar-refractivity contribution in [2.45, 2.75) is 24.4 Å². The fourth-order valence-corrected chi connectivity index (χ4v) is 1.53. The summed E-state index contributed by atoms with van der Waals surface area (Å²) in [6.45, 7) is 0. The SMILES string of the molecule is F/C(=C\Cc1ccccc1Cl)C(F)(F)C(F)(F)C(F)(F)F. The van der Waals surface area contributed by atoms with Crippen molar-refractivity contribution in [2.75, 3.05) is 0 Å². The van der Waals surface area contributed by atoms with Crippen LogP contribution < -0.4 is 0 Å². The summed E-state index contributed by atoms with van der Waals surface area (Å²) >= 11 is 5.62. The number of rotatable bonds is 4. The van der Waals surface area contributed by atoms with Gasteiger partial charge in [-0.05, 0) is 24.1 Å². The lowest BCUT2D eigenvalue weighted by Gasteiger charge is -2.26. The van der Waals surface area contributed by atoms with Crippen LogP contribution in [-0.4, -0.2) is 18.0 Å². The molecule has 0 aliphatic heterocycles. The molecule has 1 aromatic rings.